The van der Waals surface area contributed by atoms with E-state index in [9.17, 15) is 9.90 Å². The van der Waals surface area contributed by atoms with Crippen molar-refractivity contribution in [1.29, 1.82) is 10.9 Å². The quantitative estimate of drug-likeness (QED) is 0.275. The molecule has 0 bridgehead atoms. The summed E-state index contributed by atoms with van der Waals surface area (Å²) in [7, 11) is 0. The highest BCUT2D eigenvalue weighted by Gasteiger charge is 2.13. The van der Waals surface area contributed by atoms with Crippen molar-refractivity contribution >= 4 is 33.6 Å². The maximum atomic E-state index is 11.3. The molecule has 1 heterocycles. The third kappa shape index (κ3) is 2.87. The number of carboxylic acids is 1. The van der Waals surface area contributed by atoms with Crippen LogP contribution in [0.3, 0.4) is 0 Å². The number of fused-ring (bicyclic) bond motifs is 3. The van der Waals surface area contributed by atoms with Crippen molar-refractivity contribution < 1.29 is 9.90 Å². The zero-order valence-corrected chi connectivity index (χ0v) is 14.3. The van der Waals surface area contributed by atoms with Crippen LogP contribution in [0.4, 0.5) is 0 Å². The van der Waals surface area contributed by atoms with E-state index in [4.69, 9.17) is 10.9 Å². The van der Waals surface area contributed by atoms with Crippen LogP contribution >= 0.6 is 0 Å². The van der Waals surface area contributed by atoms with E-state index in [1.165, 1.54) is 0 Å². The maximum Gasteiger partial charge on any atom is 0.335 e. The highest BCUT2D eigenvalue weighted by molar-refractivity contribution is 6.11. The van der Waals surface area contributed by atoms with E-state index >= 15 is 0 Å². The van der Waals surface area contributed by atoms with Crippen LogP contribution in [-0.4, -0.2) is 21.5 Å². The molecule has 132 valence electrons. The fourth-order valence-corrected chi connectivity index (χ4v) is 3.42. The Hall–Kier alpha value is -3.80. The van der Waals surface area contributed by atoms with Gasteiger partial charge >= 0.3 is 5.97 Å². The van der Waals surface area contributed by atoms with Crippen molar-refractivity contribution in [2.45, 2.75) is 6.54 Å². The molecule has 0 atom stereocenters. The van der Waals surface area contributed by atoms with E-state index < -0.39 is 5.97 Å². The first-order valence-electron chi connectivity index (χ1n) is 8.38. The molecule has 4 aromatic rings. The number of aromatic carboxylic acids is 1. The summed E-state index contributed by atoms with van der Waals surface area (Å²) in [4.78, 5) is 11.3. The minimum atomic E-state index is -0.943. The molecule has 0 saturated carbocycles. The first-order valence-corrected chi connectivity index (χ1v) is 8.38. The Morgan fingerprint density at radius 2 is 1.70 bits per heavy atom. The van der Waals surface area contributed by atoms with Crippen LogP contribution in [-0.2, 0) is 6.54 Å². The van der Waals surface area contributed by atoms with Crippen LogP contribution in [0, 0.1) is 10.9 Å². The number of aromatic nitrogens is 1. The lowest BCUT2D eigenvalue weighted by molar-refractivity contribution is 0.0696. The molecule has 0 aliphatic rings. The summed E-state index contributed by atoms with van der Waals surface area (Å²) in [6.45, 7) is 0.532. The zero-order chi connectivity index (χ0) is 19.0. The van der Waals surface area contributed by atoms with Crippen LogP contribution in [0.25, 0.3) is 21.8 Å². The molecule has 0 saturated heterocycles. The molecule has 0 aliphatic heterocycles. The molecule has 0 spiro atoms. The fourth-order valence-electron chi connectivity index (χ4n) is 3.42. The van der Waals surface area contributed by atoms with Crippen molar-refractivity contribution in [3.05, 3.63) is 83.4 Å². The third-order valence-electron chi connectivity index (χ3n) is 4.67. The van der Waals surface area contributed by atoms with Crippen LogP contribution in [0.2, 0.25) is 0 Å². The normalized spacial score (nSPS) is 11.0. The molecule has 4 rings (SSSR count). The predicted molar refractivity (Wildman–Crippen MR) is 104 cm³/mol. The summed E-state index contributed by atoms with van der Waals surface area (Å²) < 4.78 is 2.14. The largest absolute Gasteiger partial charge is 0.478 e. The van der Waals surface area contributed by atoms with Crippen molar-refractivity contribution in [3.63, 3.8) is 0 Å². The van der Waals surface area contributed by atoms with E-state index in [1.807, 2.05) is 42.5 Å². The molecular weight excluding hydrogens is 340 g/mol. The number of nitrogens with one attached hydrogen (secondary N) is 2. The molecule has 27 heavy (non-hydrogen) atoms. The number of hydrogen-bond donors (Lipinski definition) is 3. The number of carbonyl (C=O) groups is 1. The minimum absolute atomic E-state index is 0.0807. The lowest BCUT2D eigenvalue weighted by atomic mass is 10.1. The van der Waals surface area contributed by atoms with Gasteiger partial charge in [0.15, 0.2) is 5.84 Å². The van der Waals surface area contributed by atoms with Crippen LogP contribution in [0.5, 0.6) is 0 Å². The summed E-state index contributed by atoms with van der Waals surface area (Å²) in [6, 6.07) is 20.5. The zero-order valence-electron chi connectivity index (χ0n) is 14.3. The van der Waals surface area contributed by atoms with Crippen LogP contribution in [0.15, 0.2) is 71.8 Å². The lowest BCUT2D eigenvalue weighted by Gasteiger charge is -2.09. The maximum absolute atomic E-state index is 11.3. The molecular formula is C21H16N4O2. The predicted octanol–water partition coefficient (Wildman–Crippen LogP) is 4.90. The van der Waals surface area contributed by atoms with E-state index in [1.54, 1.807) is 24.3 Å². The van der Waals surface area contributed by atoms with Gasteiger partial charge in [-0.2, -0.15) is 0 Å². The molecule has 3 N–H and O–H groups in total. The highest BCUT2D eigenvalue weighted by atomic mass is 16.4. The van der Waals surface area contributed by atoms with Crippen LogP contribution < -0.4 is 0 Å². The lowest BCUT2D eigenvalue weighted by Crippen LogP contribution is -2.02. The molecule has 0 radical (unpaired) electrons. The molecule has 0 fully saturated rings. The number of benzene rings is 3. The molecule has 0 amide bonds. The average Bonchev–Trinajstić information content (AvgIpc) is 3.01. The van der Waals surface area contributed by atoms with Gasteiger partial charge in [0.1, 0.15) is 0 Å². The molecule has 6 nitrogen and oxygen atoms in total. The number of nitrogens with zero attached hydrogens (tertiary/aromatic N) is 2. The van der Waals surface area contributed by atoms with E-state index in [-0.39, 0.29) is 11.4 Å². The van der Waals surface area contributed by atoms with E-state index in [2.05, 4.69) is 9.68 Å². The third-order valence-corrected chi connectivity index (χ3v) is 4.67. The standard InChI is InChI=1S/C21H16N4O2/c22-20(24-23)14-8-9-19-17(11-14)16-6-1-2-7-18(16)25(19)12-13-4-3-5-15(10-13)21(26)27/h1-11,22-23H,12H2,(H,26,27). The van der Waals surface area contributed by atoms with Crippen molar-refractivity contribution in [2.75, 3.05) is 0 Å². The van der Waals surface area contributed by atoms with Gasteiger partial charge in [0, 0.05) is 33.9 Å². The van der Waals surface area contributed by atoms with Gasteiger partial charge in [-0.15, -0.1) is 5.11 Å². The van der Waals surface area contributed by atoms with Gasteiger partial charge in [-0.3, -0.25) is 5.41 Å². The second-order valence-electron chi connectivity index (χ2n) is 6.30. The summed E-state index contributed by atoms with van der Waals surface area (Å²) in [5.41, 5.74) is 10.8. The van der Waals surface area contributed by atoms with Crippen molar-refractivity contribution in [1.82, 2.24) is 4.57 Å². The summed E-state index contributed by atoms with van der Waals surface area (Å²) in [5, 5.41) is 22.3. The molecule has 0 aliphatic carbocycles. The summed E-state index contributed by atoms with van der Waals surface area (Å²) >= 11 is 0. The summed E-state index contributed by atoms with van der Waals surface area (Å²) in [6.07, 6.45) is 0. The Bertz CT molecular complexity index is 1220. The second kappa shape index (κ2) is 6.49. The molecule has 3 aromatic carbocycles. The van der Waals surface area contributed by atoms with Crippen molar-refractivity contribution in [3.8, 4) is 0 Å². The Balaban J connectivity index is 1.91. The minimum Gasteiger partial charge on any atom is -0.478 e. The highest BCUT2D eigenvalue weighted by Crippen LogP contribution is 2.30. The molecule has 0 unspecified atom stereocenters. The number of carboxylic acid groups (broad SMARTS) is 1. The second-order valence-corrected chi connectivity index (χ2v) is 6.30. The number of rotatable bonds is 4. The Morgan fingerprint density at radius 3 is 2.48 bits per heavy atom. The Labute approximate surface area is 154 Å². The Morgan fingerprint density at radius 1 is 0.926 bits per heavy atom. The van der Waals surface area contributed by atoms with E-state index in [0.29, 0.717) is 12.1 Å². The number of hydrogen-bond acceptors (Lipinski definition) is 3. The van der Waals surface area contributed by atoms with E-state index in [0.717, 1.165) is 27.4 Å². The first-order chi connectivity index (χ1) is 13.1. The van der Waals surface area contributed by atoms with Crippen LogP contribution in [0.1, 0.15) is 21.5 Å². The number of para-hydroxylation sites is 1. The van der Waals surface area contributed by atoms with Gasteiger partial charge in [0.2, 0.25) is 0 Å². The van der Waals surface area contributed by atoms with Gasteiger partial charge in [-0.25, -0.2) is 10.3 Å². The number of amidine groups is 1. The molecule has 6 heteroatoms. The molecule has 1 aromatic heterocycles. The van der Waals surface area contributed by atoms with Gasteiger partial charge < -0.3 is 9.67 Å². The topological polar surface area (TPSA) is 102 Å². The first kappa shape index (κ1) is 16.7. The average molecular weight is 356 g/mol. The SMILES string of the molecule is N=NC(=N)c1ccc2c(c1)c1ccccc1n2Cc1cccc(C(=O)O)c1. The smallest absolute Gasteiger partial charge is 0.335 e. The Kier molecular flexibility index (Phi) is 4.01. The van der Waals surface area contributed by atoms with Gasteiger partial charge in [0.05, 0.1) is 5.56 Å². The van der Waals surface area contributed by atoms with Gasteiger partial charge in [-0.05, 0) is 42.0 Å². The van der Waals surface area contributed by atoms with Gasteiger partial charge in [0.25, 0.3) is 0 Å². The summed E-state index contributed by atoms with van der Waals surface area (Å²) in [5.74, 6) is -1.02. The monoisotopic (exact) mass is 356 g/mol. The fraction of sp³-hybridized carbons (Fsp3) is 0.0476. The van der Waals surface area contributed by atoms with Gasteiger partial charge in [-0.1, -0.05) is 30.3 Å². The van der Waals surface area contributed by atoms with Crippen molar-refractivity contribution in [2.24, 2.45) is 5.11 Å².